The zero-order valence-corrected chi connectivity index (χ0v) is 22.7. The van der Waals surface area contributed by atoms with Crippen molar-refractivity contribution in [2.45, 2.75) is 13.3 Å². The lowest BCUT2D eigenvalue weighted by atomic mass is 10.0. The molecule has 0 saturated carbocycles. The van der Waals surface area contributed by atoms with E-state index in [1.54, 1.807) is 11.0 Å². The molecule has 1 aliphatic rings. The van der Waals surface area contributed by atoms with Crippen LogP contribution in [0.3, 0.4) is 0 Å². The molecule has 0 atom stereocenters. The fraction of sp³-hybridized carbons (Fsp3) is 0.241. The van der Waals surface area contributed by atoms with Crippen molar-refractivity contribution in [2.24, 2.45) is 4.99 Å². The highest BCUT2D eigenvalue weighted by Gasteiger charge is 2.27. The number of benzene rings is 2. The van der Waals surface area contributed by atoms with E-state index in [9.17, 15) is 14.3 Å². The van der Waals surface area contributed by atoms with Gasteiger partial charge in [0.25, 0.3) is 0 Å². The number of aliphatic imine (C=N–C) groups is 1. The fourth-order valence-corrected chi connectivity index (χ4v) is 4.68. The Kier molecular flexibility index (Phi) is 9.11. The number of aromatic hydroxyl groups is 1. The van der Waals surface area contributed by atoms with E-state index in [0.29, 0.717) is 44.1 Å². The van der Waals surface area contributed by atoms with Gasteiger partial charge in [-0.2, -0.15) is 9.97 Å². The summed E-state index contributed by atoms with van der Waals surface area (Å²) in [6, 6.07) is 4.99. The molecule has 1 aliphatic heterocycles. The number of hydrogen-bond acceptors (Lipinski definition) is 7. The molecule has 8 nitrogen and oxygen atoms in total. The topological polar surface area (TPSA) is 91.2 Å². The third-order valence-electron chi connectivity index (χ3n) is 6.42. The lowest BCUT2D eigenvalue weighted by Gasteiger charge is -2.35. The molecule has 0 radical (unpaired) electrons. The van der Waals surface area contributed by atoms with Gasteiger partial charge in [0.15, 0.2) is 5.82 Å². The number of hydrogen-bond donors (Lipinski definition) is 1. The van der Waals surface area contributed by atoms with Crippen LogP contribution in [-0.4, -0.2) is 65.4 Å². The fourth-order valence-electron chi connectivity index (χ4n) is 4.39. The summed E-state index contributed by atoms with van der Waals surface area (Å²) in [5, 5.41) is 10.5. The largest absolute Gasteiger partial charge is 0.507 e. The van der Waals surface area contributed by atoms with Gasteiger partial charge in [-0.15, -0.1) is 0 Å². The molecular formula is C29H28ClF2N5O3. The summed E-state index contributed by atoms with van der Waals surface area (Å²) < 4.78 is 36.7. The molecule has 1 N–H and O–H groups in total. The number of nitrogens with zero attached hydrogens (tertiary/aromatic N) is 5. The van der Waals surface area contributed by atoms with Crippen molar-refractivity contribution in [1.82, 2.24) is 14.9 Å². The molecule has 1 aromatic heterocycles. The Morgan fingerprint density at radius 3 is 2.62 bits per heavy atom. The van der Waals surface area contributed by atoms with Gasteiger partial charge in [0.1, 0.15) is 22.9 Å². The highest BCUT2D eigenvalue weighted by molar-refractivity contribution is 6.34. The molecule has 0 bridgehead atoms. The van der Waals surface area contributed by atoms with Crippen LogP contribution in [0.15, 0.2) is 65.8 Å². The number of halogens is 3. The van der Waals surface area contributed by atoms with Crippen LogP contribution in [0.25, 0.3) is 22.0 Å². The number of piperazine rings is 1. The van der Waals surface area contributed by atoms with Gasteiger partial charge in [0.05, 0.1) is 17.2 Å². The minimum Gasteiger partial charge on any atom is -0.507 e. The van der Waals surface area contributed by atoms with Gasteiger partial charge in [0, 0.05) is 49.2 Å². The summed E-state index contributed by atoms with van der Waals surface area (Å²) in [4.78, 5) is 28.4. The van der Waals surface area contributed by atoms with E-state index in [1.807, 2.05) is 24.0 Å². The molecule has 208 valence electrons. The second kappa shape index (κ2) is 12.7. The number of anilines is 1. The number of phenols is 1. The molecule has 4 rings (SSSR count). The van der Waals surface area contributed by atoms with E-state index >= 15 is 4.39 Å². The van der Waals surface area contributed by atoms with E-state index in [-0.39, 0.29) is 45.6 Å². The van der Waals surface area contributed by atoms with Crippen molar-refractivity contribution in [2.75, 3.05) is 37.7 Å². The standard InChI is InChI=1S/C29H28ClF2N5O3/c1-4-6-8-18(33-3)11-16-40-29-34-27-19(28(35-29)37-14-12-36(13-15-37)23(39)5-2)17-20(30)24(26(27)32)25-21(31)9-7-10-22(25)38/h4-10,17,38H,2-3,11-16H2,1H3/b6-4-,18-8-. The number of rotatable bonds is 9. The third kappa shape index (κ3) is 5.96. The molecular weight excluding hydrogens is 540 g/mol. The molecule has 0 unspecified atom stereocenters. The van der Waals surface area contributed by atoms with Crippen LogP contribution >= 0.6 is 11.6 Å². The van der Waals surface area contributed by atoms with Crippen LogP contribution in [-0.2, 0) is 4.79 Å². The van der Waals surface area contributed by atoms with Crippen LogP contribution < -0.4 is 9.64 Å². The number of allylic oxidation sites excluding steroid dienone is 3. The maximum atomic E-state index is 16.1. The number of carbonyl (C=O) groups excluding carboxylic acids is 1. The Morgan fingerprint density at radius 2 is 1.98 bits per heavy atom. The second-order valence-corrected chi connectivity index (χ2v) is 9.27. The van der Waals surface area contributed by atoms with Crippen molar-refractivity contribution in [3.63, 3.8) is 0 Å². The van der Waals surface area contributed by atoms with Gasteiger partial charge in [-0.25, -0.2) is 8.78 Å². The Labute approximate surface area is 235 Å². The predicted molar refractivity (Wildman–Crippen MR) is 153 cm³/mol. The average molecular weight is 568 g/mol. The highest BCUT2D eigenvalue weighted by Crippen LogP contribution is 2.42. The second-order valence-electron chi connectivity index (χ2n) is 8.86. The van der Waals surface area contributed by atoms with Crippen LogP contribution in [0.2, 0.25) is 5.02 Å². The smallest absolute Gasteiger partial charge is 0.319 e. The molecule has 3 aromatic rings. The van der Waals surface area contributed by atoms with Gasteiger partial charge < -0.3 is 19.6 Å². The van der Waals surface area contributed by atoms with Crippen molar-refractivity contribution in [3.05, 3.63) is 77.5 Å². The Morgan fingerprint density at radius 1 is 1.23 bits per heavy atom. The average Bonchev–Trinajstić information content (AvgIpc) is 2.96. The van der Waals surface area contributed by atoms with E-state index in [2.05, 4.69) is 28.3 Å². The number of phenolic OH excluding ortho intramolecular Hbond substituents is 1. The van der Waals surface area contributed by atoms with Crippen molar-refractivity contribution in [1.29, 1.82) is 0 Å². The molecule has 0 aliphatic carbocycles. The lowest BCUT2D eigenvalue weighted by Crippen LogP contribution is -2.48. The van der Waals surface area contributed by atoms with Gasteiger partial charge >= 0.3 is 6.01 Å². The van der Waals surface area contributed by atoms with E-state index in [4.69, 9.17) is 16.3 Å². The number of ether oxygens (including phenoxy) is 1. The molecule has 2 heterocycles. The summed E-state index contributed by atoms with van der Waals surface area (Å²) in [6.45, 7) is 10.7. The maximum absolute atomic E-state index is 16.1. The van der Waals surface area contributed by atoms with Crippen LogP contribution in [0.1, 0.15) is 13.3 Å². The van der Waals surface area contributed by atoms with E-state index < -0.39 is 17.4 Å². The Balaban J connectivity index is 1.79. The summed E-state index contributed by atoms with van der Waals surface area (Å²) in [6.07, 6.45) is 7.12. The van der Waals surface area contributed by atoms with E-state index in [1.165, 1.54) is 24.3 Å². The Hall–Kier alpha value is -4.31. The summed E-state index contributed by atoms with van der Waals surface area (Å²) in [7, 11) is 0. The monoisotopic (exact) mass is 567 g/mol. The first-order chi connectivity index (χ1) is 19.3. The first-order valence-electron chi connectivity index (χ1n) is 12.5. The molecule has 1 amide bonds. The van der Waals surface area contributed by atoms with Crippen molar-refractivity contribution >= 4 is 40.9 Å². The van der Waals surface area contributed by atoms with Gasteiger partial charge in [-0.3, -0.25) is 9.79 Å². The lowest BCUT2D eigenvalue weighted by molar-refractivity contribution is -0.126. The number of fused-ring (bicyclic) bond motifs is 1. The molecule has 11 heteroatoms. The van der Waals surface area contributed by atoms with Gasteiger partial charge in [-0.1, -0.05) is 36.4 Å². The zero-order chi connectivity index (χ0) is 28.8. The van der Waals surface area contributed by atoms with Crippen LogP contribution in [0.4, 0.5) is 14.6 Å². The Bertz CT molecular complexity index is 1500. The number of aromatic nitrogens is 2. The molecule has 40 heavy (non-hydrogen) atoms. The molecule has 1 saturated heterocycles. The summed E-state index contributed by atoms with van der Waals surface area (Å²) >= 11 is 6.48. The zero-order valence-electron chi connectivity index (χ0n) is 21.9. The number of amides is 1. The minimum absolute atomic E-state index is 0.105. The predicted octanol–water partition coefficient (Wildman–Crippen LogP) is 5.70. The van der Waals surface area contributed by atoms with Crippen LogP contribution in [0, 0.1) is 11.6 Å². The minimum atomic E-state index is -0.932. The summed E-state index contributed by atoms with van der Waals surface area (Å²) in [5.41, 5.74) is -0.174. The van der Waals surface area contributed by atoms with Gasteiger partial charge in [-0.05, 0) is 44.0 Å². The SMILES string of the molecule is C=CC(=O)N1CCN(c2nc(OCC/C(=C/C=C\C)N=C)nc3c(F)c(-c4c(O)cccc4F)c(Cl)cc23)CC1. The van der Waals surface area contributed by atoms with E-state index in [0.717, 1.165) is 6.07 Å². The van der Waals surface area contributed by atoms with Crippen molar-refractivity contribution in [3.8, 4) is 22.9 Å². The molecule has 1 fully saturated rings. The maximum Gasteiger partial charge on any atom is 0.319 e. The third-order valence-corrected chi connectivity index (χ3v) is 6.72. The molecule has 2 aromatic carbocycles. The summed E-state index contributed by atoms with van der Waals surface area (Å²) in [5.74, 6) is -2.07. The highest BCUT2D eigenvalue weighted by atomic mass is 35.5. The van der Waals surface area contributed by atoms with Crippen LogP contribution in [0.5, 0.6) is 11.8 Å². The first kappa shape index (κ1) is 28.7. The van der Waals surface area contributed by atoms with Crippen molar-refractivity contribution < 1.29 is 23.4 Å². The quantitative estimate of drug-likeness (QED) is 0.203. The normalized spacial score (nSPS) is 14.2. The number of carbonyl (C=O) groups is 1. The van der Waals surface area contributed by atoms with Gasteiger partial charge in [0.2, 0.25) is 5.91 Å². The first-order valence-corrected chi connectivity index (χ1v) is 12.9. The molecule has 0 spiro atoms.